The fraction of sp³-hybridized carbons (Fsp3) is 0.625. The van der Waals surface area contributed by atoms with E-state index in [1.807, 2.05) is 19.1 Å². The summed E-state index contributed by atoms with van der Waals surface area (Å²) in [6, 6.07) is 3.72. The zero-order valence-electron chi connectivity index (χ0n) is 13.5. The smallest absolute Gasteiger partial charge is 0.179 e. The molecule has 0 spiro atoms. The molecule has 0 heterocycles. The SMILES string of the molecule is COc1cc(CNCC(C)(O)CC(C)C)cc(Cl)c1OC. The molecular formula is C16H26ClNO3. The lowest BCUT2D eigenvalue weighted by Crippen LogP contribution is -2.38. The molecule has 0 amide bonds. The van der Waals surface area contributed by atoms with E-state index in [0.717, 1.165) is 12.0 Å². The molecule has 0 aromatic heterocycles. The van der Waals surface area contributed by atoms with E-state index in [0.29, 0.717) is 35.5 Å². The second-order valence-electron chi connectivity index (χ2n) is 6.01. The molecule has 0 saturated heterocycles. The fourth-order valence-electron chi connectivity index (χ4n) is 2.50. The van der Waals surface area contributed by atoms with Crippen molar-refractivity contribution in [2.45, 2.75) is 39.3 Å². The van der Waals surface area contributed by atoms with Gasteiger partial charge in [-0.15, -0.1) is 0 Å². The van der Waals surface area contributed by atoms with Gasteiger partial charge < -0.3 is 19.9 Å². The van der Waals surface area contributed by atoms with E-state index in [9.17, 15) is 5.11 Å². The highest BCUT2D eigenvalue weighted by atomic mass is 35.5. The number of halogens is 1. The Balaban J connectivity index is 2.66. The average Bonchev–Trinajstić information content (AvgIpc) is 2.36. The van der Waals surface area contributed by atoms with Gasteiger partial charge in [-0.05, 0) is 37.0 Å². The summed E-state index contributed by atoms with van der Waals surface area (Å²) in [6.07, 6.45) is 0.757. The highest BCUT2D eigenvalue weighted by Crippen LogP contribution is 2.35. The highest BCUT2D eigenvalue weighted by molar-refractivity contribution is 6.32. The van der Waals surface area contributed by atoms with Gasteiger partial charge in [-0.25, -0.2) is 0 Å². The van der Waals surface area contributed by atoms with Gasteiger partial charge in [-0.2, -0.15) is 0 Å². The van der Waals surface area contributed by atoms with Gasteiger partial charge in [0.1, 0.15) is 0 Å². The topological polar surface area (TPSA) is 50.7 Å². The first-order valence-electron chi connectivity index (χ1n) is 7.12. The number of hydrogen-bond acceptors (Lipinski definition) is 4. The first kappa shape index (κ1) is 18.1. The van der Waals surface area contributed by atoms with Crippen LogP contribution in [-0.4, -0.2) is 31.5 Å². The van der Waals surface area contributed by atoms with Crippen LogP contribution < -0.4 is 14.8 Å². The molecule has 2 N–H and O–H groups in total. The highest BCUT2D eigenvalue weighted by Gasteiger charge is 2.21. The Morgan fingerprint density at radius 3 is 2.48 bits per heavy atom. The summed E-state index contributed by atoms with van der Waals surface area (Å²) in [5, 5.41) is 14.0. The second kappa shape index (κ2) is 7.87. The van der Waals surface area contributed by atoms with Crippen molar-refractivity contribution in [1.29, 1.82) is 0 Å². The van der Waals surface area contributed by atoms with E-state index in [1.54, 1.807) is 14.2 Å². The van der Waals surface area contributed by atoms with E-state index >= 15 is 0 Å². The largest absolute Gasteiger partial charge is 0.493 e. The van der Waals surface area contributed by atoms with Gasteiger partial charge in [0.15, 0.2) is 11.5 Å². The average molecular weight is 316 g/mol. The number of methoxy groups -OCH3 is 2. The molecule has 0 aliphatic rings. The Kier molecular flexibility index (Phi) is 6.78. The van der Waals surface area contributed by atoms with Gasteiger partial charge in [0.25, 0.3) is 0 Å². The molecule has 0 aliphatic carbocycles. The first-order chi connectivity index (χ1) is 9.79. The summed E-state index contributed by atoms with van der Waals surface area (Å²) < 4.78 is 10.5. The summed E-state index contributed by atoms with van der Waals surface area (Å²) in [5.41, 5.74) is 0.270. The van der Waals surface area contributed by atoms with Crippen LogP contribution in [0.25, 0.3) is 0 Å². The third-order valence-corrected chi connectivity index (χ3v) is 3.46. The van der Waals surface area contributed by atoms with Crippen LogP contribution in [0.4, 0.5) is 0 Å². The maximum Gasteiger partial charge on any atom is 0.179 e. The molecule has 5 heteroatoms. The molecule has 1 aromatic rings. The molecule has 1 rings (SSSR count). The Hall–Kier alpha value is -0.970. The Morgan fingerprint density at radius 2 is 1.95 bits per heavy atom. The minimum absolute atomic E-state index is 0.456. The van der Waals surface area contributed by atoms with Crippen LogP contribution in [0.1, 0.15) is 32.8 Å². The number of aliphatic hydroxyl groups is 1. The molecule has 4 nitrogen and oxygen atoms in total. The van der Waals surface area contributed by atoms with E-state index in [-0.39, 0.29) is 0 Å². The number of benzene rings is 1. The number of nitrogens with one attached hydrogen (secondary N) is 1. The van der Waals surface area contributed by atoms with Crippen molar-refractivity contribution in [1.82, 2.24) is 5.32 Å². The van der Waals surface area contributed by atoms with Crippen molar-refractivity contribution < 1.29 is 14.6 Å². The lowest BCUT2D eigenvalue weighted by atomic mass is 9.94. The zero-order valence-corrected chi connectivity index (χ0v) is 14.3. The molecule has 21 heavy (non-hydrogen) atoms. The molecule has 1 aromatic carbocycles. The van der Waals surface area contributed by atoms with Crippen LogP contribution in [0, 0.1) is 5.92 Å². The first-order valence-corrected chi connectivity index (χ1v) is 7.50. The maximum absolute atomic E-state index is 10.3. The summed E-state index contributed by atoms with van der Waals surface area (Å²) in [7, 11) is 3.14. The Bertz CT molecular complexity index is 461. The summed E-state index contributed by atoms with van der Waals surface area (Å²) in [4.78, 5) is 0. The molecule has 0 saturated carbocycles. The summed E-state index contributed by atoms with van der Waals surface area (Å²) in [6.45, 7) is 7.18. The van der Waals surface area contributed by atoms with Crippen molar-refractivity contribution in [3.63, 3.8) is 0 Å². The third kappa shape index (κ3) is 5.73. The van der Waals surface area contributed by atoms with Gasteiger partial charge in [0.05, 0.1) is 24.8 Å². The van der Waals surface area contributed by atoms with Crippen molar-refractivity contribution in [3.05, 3.63) is 22.7 Å². The molecule has 0 radical (unpaired) electrons. The molecule has 1 atom stereocenters. The molecule has 1 unspecified atom stereocenters. The molecule has 0 bridgehead atoms. The fourth-order valence-corrected chi connectivity index (χ4v) is 2.81. The lowest BCUT2D eigenvalue weighted by molar-refractivity contribution is 0.0383. The van der Waals surface area contributed by atoms with Crippen LogP contribution in [0.15, 0.2) is 12.1 Å². The molecule has 0 fully saturated rings. The van der Waals surface area contributed by atoms with Gasteiger partial charge in [0, 0.05) is 13.1 Å². The summed E-state index contributed by atoms with van der Waals surface area (Å²) in [5.74, 6) is 1.60. The molecular weight excluding hydrogens is 290 g/mol. The van der Waals surface area contributed by atoms with E-state index in [4.69, 9.17) is 21.1 Å². The van der Waals surface area contributed by atoms with Crippen LogP contribution in [0.2, 0.25) is 5.02 Å². The van der Waals surface area contributed by atoms with E-state index < -0.39 is 5.60 Å². The predicted octanol–water partition coefficient (Wildman–Crippen LogP) is 3.24. The van der Waals surface area contributed by atoms with Crippen molar-refractivity contribution in [2.24, 2.45) is 5.92 Å². The van der Waals surface area contributed by atoms with Crippen LogP contribution in [-0.2, 0) is 6.54 Å². The zero-order chi connectivity index (χ0) is 16.0. The Labute approximate surface area is 132 Å². The third-order valence-electron chi connectivity index (χ3n) is 3.18. The standard InChI is InChI=1S/C16H26ClNO3/c1-11(2)8-16(3,19)10-18-9-12-6-13(17)15(21-5)14(7-12)20-4/h6-7,11,18-19H,8-10H2,1-5H3. The number of hydrogen-bond donors (Lipinski definition) is 2. The van der Waals surface area contributed by atoms with E-state index in [2.05, 4.69) is 19.2 Å². The minimum Gasteiger partial charge on any atom is -0.493 e. The van der Waals surface area contributed by atoms with Gasteiger partial charge in [-0.1, -0.05) is 25.4 Å². The lowest BCUT2D eigenvalue weighted by Gasteiger charge is -2.25. The van der Waals surface area contributed by atoms with Crippen molar-refractivity contribution in [3.8, 4) is 11.5 Å². The quantitative estimate of drug-likeness (QED) is 0.773. The monoisotopic (exact) mass is 315 g/mol. The van der Waals surface area contributed by atoms with Crippen LogP contribution in [0.5, 0.6) is 11.5 Å². The minimum atomic E-state index is -0.714. The van der Waals surface area contributed by atoms with E-state index in [1.165, 1.54) is 0 Å². The second-order valence-corrected chi connectivity index (χ2v) is 6.42. The van der Waals surface area contributed by atoms with Crippen molar-refractivity contribution >= 4 is 11.6 Å². The number of ether oxygens (including phenoxy) is 2. The molecule has 120 valence electrons. The van der Waals surface area contributed by atoms with Crippen LogP contribution in [0.3, 0.4) is 0 Å². The van der Waals surface area contributed by atoms with Crippen LogP contribution >= 0.6 is 11.6 Å². The molecule has 0 aliphatic heterocycles. The predicted molar refractivity (Wildman–Crippen MR) is 86.3 cm³/mol. The summed E-state index contributed by atoms with van der Waals surface area (Å²) >= 11 is 6.17. The maximum atomic E-state index is 10.3. The number of rotatable bonds is 8. The van der Waals surface area contributed by atoms with Crippen molar-refractivity contribution in [2.75, 3.05) is 20.8 Å². The van der Waals surface area contributed by atoms with Gasteiger partial charge in [0.2, 0.25) is 0 Å². The van der Waals surface area contributed by atoms with Gasteiger partial charge >= 0.3 is 0 Å². The normalized spacial score (nSPS) is 14.1. The van der Waals surface area contributed by atoms with Gasteiger partial charge in [-0.3, -0.25) is 0 Å². The Morgan fingerprint density at radius 1 is 1.29 bits per heavy atom.